The van der Waals surface area contributed by atoms with Crippen molar-refractivity contribution in [3.05, 3.63) is 106 Å². The van der Waals surface area contributed by atoms with Gasteiger partial charge in [-0.2, -0.15) is 0 Å². The van der Waals surface area contributed by atoms with Gasteiger partial charge in [0.25, 0.3) is 5.91 Å². The van der Waals surface area contributed by atoms with Crippen molar-refractivity contribution in [1.82, 2.24) is 9.88 Å². The number of aromatic nitrogens is 1. The molecule has 0 spiro atoms. The summed E-state index contributed by atoms with van der Waals surface area (Å²) >= 11 is 1.38. The van der Waals surface area contributed by atoms with Gasteiger partial charge in [0.1, 0.15) is 28.8 Å². The van der Waals surface area contributed by atoms with Crippen LogP contribution in [0.5, 0.6) is 11.5 Å². The Morgan fingerprint density at radius 3 is 2.51 bits per heavy atom. The predicted molar refractivity (Wildman–Crippen MR) is 152 cm³/mol. The van der Waals surface area contributed by atoms with E-state index in [2.05, 4.69) is 28.5 Å². The van der Waals surface area contributed by atoms with E-state index in [1.165, 1.54) is 16.9 Å². The van der Waals surface area contributed by atoms with Crippen LogP contribution in [0.3, 0.4) is 0 Å². The fraction of sp³-hybridized carbons (Fsp3) is 0.258. The highest BCUT2D eigenvalue weighted by atomic mass is 32.1. The highest BCUT2D eigenvalue weighted by Crippen LogP contribution is 2.38. The number of methoxy groups -OCH3 is 1. The average Bonchev–Trinajstić information content (AvgIpc) is 3.45. The quantitative estimate of drug-likeness (QED) is 0.291. The summed E-state index contributed by atoms with van der Waals surface area (Å²) < 4.78 is 11.3. The van der Waals surface area contributed by atoms with Crippen LogP contribution in [-0.4, -0.2) is 35.4 Å². The Bertz CT molecular complexity index is 1450. The SMILES string of the molecule is COc1ccc(NC(=O)c2csc(COc3ccc4c(c3)C(c3ccccc3)N(C(=O)C(C)C)CC4)n2)cc1. The second kappa shape index (κ2) is 11.7. The van der Waals surface area contributed by atoms with Gasteiger partial charge in [0.05, 0.1) is 13.2 Å². The van der Waals surface area contributed by atoms with E-state index < -0.39 is 0 Å². The van der Waals surface area contributed by atoms with Crippen molar-refractivity contribution in [2.24, 2.45) is 5.92 Å². The molecule has 8 heteroatoms. The zero-order valence-corrected chi connectivity index (χ0v) is 23.0. The number of amides is 2. The van der Waals surface area contributed by atoms with Gasteiger partial charge in [0, 0.05) is 23.5 Å². The molecule has 5 rings (SSSR count). The van der Waals surface area contributed by atoms with Gasteiger partial charge in [-0.3, -0.25) is 9.59 Å². The standard InChI is InChI=1S/C31H31N3O4S/c1-20(2)31(36)34-16-15-21-9-12-25(17-26(21)29(34)22-7-5-4-6-8-22)38-18-28-33-27(19-39-28)30(35)32-23-10-13-24(37-3)14-11-23/h4-14,17,19-20,29H,15-16,18H2,1-3H3,(H,32,35). The normalized spacial score (nSPS) is 14.6. The van der Waals surface area contributed by atoms with E-state index in [-0.39, 0.29) is 30.4 Å². The lowest BCUT2D eigenvalue weighted by molar-refractivity contribution is -0.136. The molecule has 2 amide bonds. The van der Waals surface area contributed by atoms with Crippen LogP contribution in [0.15, 0.2) is 78.2 Å². The number of rotatable bonds is 8. The Kier molecular flexibility index (Phi) is 7.93. The van der Waals surface area contributed by atoms with Gasteiger partial charge in [0.15, 0.2) is 0 Å². The Morgan fingerprint density at radius 1 is 1.05 bits per heavy atom. The minimum Gasteiger partial charge on any atom is -0.497 e. The van der Waals surface area contributed by atoms with E-state index in [9.17, 15) is 9.59 Å². The van der Waals surface area contributed by atoms with Crippen molar-refractivity contribution in [3.63, 3.8) is 0 Å². The zero-order valence-electron chi connectivity index (χ0n) is 22.2. The molecule has 39 heavy (non-hydrogen) atoms. The van der Waals surface area contributed by atoms with Gasteiger partial charge in [-0.1, -0.05) is 50.2 Å². The molecule has 7 nitrogen and oxygen atoms in total. The minimum absolute atomic E-state index is 0.0850. The van der Waals surface area contributed by atoms with E-state index in [0.29, 0.717) is 28.7 Å². The first-order chi connectivity index (χ1) is 18.9. The zero-order chi connectivity index (χ0) is 27.4. The summed E-state index contributed by atoms with van der Waals surface area (Å²) in [5.74, 6) is 1.20. The lowest BCUT2D eigenvalue weighted by Crippen LogP contribution is -2.42. The second-order valence-corrected chi connectivity index (χ2v) is 10.7. The highest BCUT2D eigenvalue weighted by Gasteiger charge is 2.33. The molecule has 1 unspecified atom stereocenters. The Morgan fingerprint density at radius 2 is 1.79 bits per heavy atom. The molecular formula is C31H31N3O4S. The van der Waals surface area contributed by atoms with Crippen molar-refractivity contribution >= 4 is 28.8 Å². The number of benzene rings is 3. The van der Waals surface area contributed by atoms with Gasteiger partial charge >= 0.3 is 0 Å². The summed E-state index contributed by atoms with van der Waals surface area (Å²) in [6.07, 6.45) is 0.802. The van der Waals surface area contributed by atoms with Crippen molar-refractivity contribution in [2.75, 3.05) is 19.0 Å². The topological polar surface area (TPSA) is 80.8 Å². The number of carbonyl (C=O) groups is 2. The molecule has 200 valence electrons. The van der Waals surface area contributed by atoms with Crippen molar-refractivity contribution in [1.29, 1.82) is 0 Å². The summed E-state index contributed by atoms with van der Waals surface area (Å²) in [5, 5.41) is 5.27. The fourth-order valence-corrected chi connectivity index (χ4v) is 5.43. The lowest BCUT2D eigenvalue weighted by Gasteiger charge is -2.39. The molecule has 0 fully saturated rings. The maximum atomic E-state index is 13.1. The predicted octanol–water partition coefficient (Wildman–Crippen LogP) is 6.11. The summed E-state index contributed by atoms with van der Waals surface area (Å²) in [7, 11) is 1.60. The third kappa shape index (κ3) is 5.96. The van der Waals surface area contributed by atoms with Crippen LogP contribution in [0, 0.1) is 5.92 Å². The first-order valence-electron chi connectivity index (χ1n) is 12.9. The van der Waals surface area contributed by atoms with Crippen LogP contribution in [0.25, 0.3) is 0 Å². The number of nitrogens with one attached hydrogen (secondary N) is 1. The summed E-state index contributed by atoms with van der Waals surface area (Å²) in [4.78, 5) is 32.2. The van der Waals surface area contributed by atoms with Crippen molar-refractivity contribution in [2.45, 2.75) is 32.9 Å². The molecule has 0 radical (unpaired) electrons. The number of hydrogen-bond acceptors (Lipinski definition) is 6. The first kappa shape index (κ1) is 26.4. The minimum atomic E-state index is -0.280. The molecule has 0 bridgehead atoms. The number of ether oxygens (including phenoxy) is 2. The van der Waals surface area contributed by atoms with E-state index >= 15 is 0 Å². The van der Waals surface area contributed by atoms with Crippen LogP contribution >= 0.6 is 11.3 Å². The lowest BCUT2D eigenvalue weighted by atomic mass is 9.87. The van der Waals surface area contributed by atoms with Crippen LogP contribution in [0.1, 0.15) is 52.1 Å². The third-order valence-electron chi connectivity index (χ3n) is 6.73. The molecule has 3 aromatic carbocycles. The molecule has 0 saturated heterocycles. The summed E-state index contributed by atoms with van der Waals surface area (Å²) in [6, 6.07) is 23.2. The number of carbonyl (C=O) groups excluding carboxylic acids is 2. The molecule has 0 saturated carbocycles. The number of fused-ring (bicyclic) bond motifs is 1. The van der Waals surface area contributed by atoms with Crippen molar-refractivity contribution in [3.8, 4) is 11.5 Å². The smallest absolute Gasteiger partial charge is 0.275 e. The van der Waals surface area contributed by atoms with Crippen molar-refractivity contribution < 1.29 is 19.1 Å². The van der Waals surface area contributed by atoms with Gasteiger partial charge in [-0.15, -0.1) is 11.3 Å². The van der Waals surface area contributed by atoms with E-state index in [4.69, 9.17) is 9.47 Å². The Balaban J connectivity index is 1.30. The molecule has 4 aromatic rings. The molecule has 1 aliphatic heterocycles. The van der Waals surface area contributed by atoms with E-state index in [1.54, 1.807) is 36.8 Å². The number of thiazole rings is 1. The second-order valence-electron chi connectivity index (χ2n) is 9.71. The largest absolute Gasteiger partial charge is 0.497 e. The first-order valence-corrected chi connectivity index (χ1v) is 13.8. The Hall–Kier alpha value is -4.17. The fourth-order valence-electron chi connectivity index (χ4n) is 4.74. The maximum absolute atomic E-state index is 13.1. The maximum Gasteiger partial charge on any atom is 0.275 e. The van der Waals surface area contributed by atoms with Gasteiger partial charge in [0.2, 0.25) is 5.91 Å². The number of anilines is 1. The average molecular weight is 542 g/mol. The number of hydrogen-bond donors (Lipinski definition) is 1. The third-order valence-corrected chi connectivity index (χ3v) is 7.55. The van der Waals surface area contributed by atoms with Gasteiger partial charge in [-0.05, 0) is 59.5 Å². The van der Waals surface area contributed by atoms with Crippen LogP contribution < -0.4 is 14.8 Å². The number of nitrogens with zero attached hydrogens (tertiary/aromatic N) is 2. The molecule has 1 aromatic heterocycles. The van der Waals surface area contributed by atoms with E-state index in [0.717, 1.165) is 23.3 Å². The molecule has 2 heterocycles. The monoisotopic (exact) mass is 541 g/mol. The Labute approximate surface area is 232 Å². The van der Waals surface area contributed by atoms with Gasteiger partial charge in [-0.25, -0.2) is 4.98 Å². The van der Waals surface area contributed by atoms with Gasteiger partial charge < -0.3 is 19.7 Å². The van der Waals surface area contributed by atoms with E-state index in [1.807, 2.05) is 49.1 Å². The molecule has 0 aliphatic carbocycles. The molecule has 1 atom stereocenters. The summed E-state index contributed by atoms with van der Waals surface area (Å²) in [6.45, 7) is 4.81. The highest BCUT2D eigenvalue weighted by molar-refractivity contribution is 7.09. The molecule has 1 N–H and O–H groups in total. The molecular weight excluding hydrogens is 510 g/mol. The van der Waals surface area contributed by atoms with Crippen LogP contribution in [-0.2, 0) is 17.8 Å². The summed E-state index contributed by atoms with van der Waals surface area (Å²) in [5.41, 5.74) is 4.39. The molecule has 1 aliphatic rings. The van der Waals surface area contributed by atoms with Crippen LogP contribution in [0.2, 0.25) is 0 Å². The van der Waals surface area contributed by atoms with Crippen LogP contribution in [0.4, 0.5) is 5.69 Å².